The molecule has 0 N–H and O–H groups in total. The molecule has 2 aromatic rings. The van der Waals surface area contributed by atoms with Crippen LogP contribution in [0.1, 0.15) is 42.9 Å². The molecule has 160 valence electrons. The van der Waals surface area contributed by atoms with Gasteiger partial charge in [0.05, 0.1) is 5.69 Å². The van der Waals surface area contributed by atoms with Crippen molar-refractivity contribution in [3.05, 3.63) is 29.5 Å². The molecule has 2 atom stereocenters. The van der Waals surface area contributed by atoms with Crippen LogP contribution in [0, 0.1) is 12.8 Å². The fourth-order valence-electron chi connectivity index (χ4n) is 4.96. The highest BCUT2D eigenvalue weighted by atomic mass is 16.7. The summed E-state index contributed by atoms with van der Waals surface area (Å²) in [7, 11) is 3.84. The van der Waals surface area contributed by atoms with Crippen LogP contribution in [0.3, 0.4) is 0 Å². The van der Waals surface area contributed by atoms with E-state index >= 15 is 0 Å². The first-order chi connectivity index (χ1) is 14.6. The monoisotopic (exact) mass is 409 g/mol. The lowest BCUT2D eigenvalue weighted by Gasteiger charge is -2.36. The third kappa shape index (κ3) is 3.76. The first-order valence-electron chi connectivity index (χ1n) is 11.1. The lowest BCUT2D eigenvalue weighted by molar-refractivity contribution is 0.0514. The van der Waals surface area contributed by atoms with Gasteiger partial charge < -0.3 is 19.3 Å². The number of likely N-dealkylation sites (tertiary alicyclic amines) is 1. The molecule has 0 amide bonds. The Bertz CT molecular complexity index is 916. The molecule has 7 heteroatoms. The number of hydrogen-bond donors (Lipinski definition) is 0. The van der Waals surface area contributed by atoms with Crippen molar-refractivity contribution in [3.8, 4) is 17.0 Å². The number of piperidine rings is 1. The second kappa shape index (κ2) is 8.12. The Morgan fingerprint density at radius 1 is 1.10 bits per heavy atom. The Labute approximate surface area is 178 Å². The van der Waals surface area contributed by atoms with Crippen LogP contribution in [0.25, 0.3) is 11.3 Å². The van der Waals surface area contributed by atoms with Gasteiger partial charge >= 0.3 is 0 Å². The van der Waals surface area contributed by atoms with Crippen molar-refractivity contribution < 1.29 is 9.47 Å². The van der Waals surface area contributed by atoms with Gasteiger partial charge in [0.25, 0.3) is 0 Å². The zero-order chi connectivity index (χ0) is 20.7. The lowest BCUT2D eigenvalue weighted by atomic mass is 9.92. The largest absolute Gasteiger partial charge is 0.467 e. The van der Waals surface area contributed by atoms with Gasteiger partial charge in [0.1, 0.15) is 11.4 Å². The van der Waals surface area contributed by atoms with Gasteiger partial charge in [0.2, 0.25) is 5.95 Å². The number of nitrogens with zero attached hydrogens (tertiary/aromatic N) is 5. The number of aromatic nitrogens is 3. The molecular formula is C23H31N5O2. The highest BCUT2D eigenvalue weighted by Gasteiger charge is 2.39. The summed E-state index contributed by atoms with van der Waals surface area (Å²) in [5.74, 6) is 2.96. The SMILES string of the molecule is COCOc1cc(C2CC2)ccc1-c1nnc(N2CC[C@@H]3CCN(C)C[C@@H]32)nc1C. The van der Waals surface area contributed by atoms with Crippen LogP contribution in [0.4, 0.5) is 5.95 Å². The maximum atomic E-state index is 5.89. The van der Waals surface area contributed by atoms with Crippen LogP contribution in [-0.4, -0.2) is 66.7 Å². The third-order valence-electron chi connectivity index (χ3n) is 6.81. The highest BCUT2D eigenvalue weighted by Crippen LogP contribution is 2.43. The van der Waals surface area contributed by atoms with E-state index < -0.39 is 0 Å². The van der Waals surface area contributed by atoms with E-state index in [1.165, 1.54) is 37.8 Å². The van der Waals surface area contributed by atoms with Crippen molar-refractivity contribution >= 4 is 5.95 Å². The summed E-state index contributed by atoms with van der Waals surface area (Å²) >= 11 is 0. The van der Waals surface area contributed by atoms with Crippen LogP contribution in [0.15, 0.2) is 18.2 Å². The maximum absolute atomic E-state index is 5.89. The molecule has 0 bridgehead atoms. The summed E-state index contributed by atoms with van der Waals surface area (Å²) in [4.78, 5) is 9.66. The number of likely N-dealkylation sites (N-methyl/N-ethyl adjacent to an activating group) is 1. The molecular weight excluding hydrogens is 378 g/mol. The number of aryl methyl sites for hydroxylation is 1. The van der Waals surface area contributed by atoms with E-state index in [1.54, 1.807) is 7.11 Å². The minimum Gasteiger partial charge on any atom is -0.467 e. The van der Waals surface area contributed by atoms with Gasteiger partial charge in [-0.2, -0.15) is 0 Å². The molecule has 3 fully saturated rings. The number of rotatable bonds is 6. The van der Waals surface area contributed by atoms with Gasteiger partial charge in [-0.05, 0) is 75.7 Å². The number of hydrogen-bond acceptors (Lipinski definition) is 7. The lowest BCUT2D eigenvalue weighted by Crippen LogP contribution is -2.47. The van der Waals surface area contributed by atoms with E-state index in [0.717, 1.165) is 47.7 Å². The van der Waals surface area contributed by atoms with Crippen LogP contribution in [-0.2, 0) is 4.74 Å². The minimum atomic E-state index is 0.212. The quantitative estimate of drug-likeness (QED) is 0.679. The molecule has 3 aliphatic rings. The maximum Gasteiger partial charge on any atom is 0.245 e. The summed E-state index contributed by atoms with van der Waals surface area (Å²) in [6.07, 6.45) is 4.99. The molecule has 1 aromatic heterocycles. The Balaban J connectivity index is 1.43. The topological polar surface area (TPSA) is 63.6 Å². The molecule has 30 heavy (non-hydrogen) atoms. The fourth-order valence-corrected chi connectivity index (χ4v) is 4.96. The first-order valence-corrected chi connectivity index (χ1v) is 11.1. The van der Waals surface area contributed by atoms with Gasteiger partial charge in [0, 0.05) is 31.8 Å². The smallest absolute Gasteiger partial charge is 0.245 e. The van der Waals surface area contributed by atoms with Crippen molar-refractivity contribution in [1.29, 1.82) is 0 Å². The van der Waals surface area contributed by atoms with E-state index in [-0.39, 0.29) is 6.79 Å². The molecule has 1 aromatic carbocycles. The second-order valence-corrected chi connectivity index (χ2v) is 8.99. The van der Waals surface area contributed by atoms with E-state index in [1.807, 2.05) is 6.92 Å². The van der Waals surface area contributed by atoms with Crippen molar-refractivity contribution in [2.75, 3.05) is 45.5 Å². The summed E-state index contributed by atoms with van der Waals surface area (Å²) in [5.41, 5.74) is 3.92. The van der Waals surface area contributed by atoms with E-state index in [0.29, 0.717) is 12.0 Å². The number of benzene rings is 1. The number of fused-ring (bicyclic) bond motifs is 1. The Morgan fingerprint density at radius 3 is 2.70 bits per heavy atom. The molecule has 0 radical (unpaired) electrons. The Morgan fingerprint density at radius 2 is 1.93 bits per heavy atom. The summed E-state index contributed by atoms with van der Waals surface area (Å²) in [5, 5.41) is 9.18. The highest BCUT2D eigenvalue weighted by molar-refractivity contribution is 5.69. The molecule has 2 aliphatic heterocycles. The van der Waals surface area contributed by atoms with Crippen molar-refractivity contribution in [1.82, 2.24) is 20.1 Å². The van der Waals surface area contributed by atoms with Gasteiger partial charge in [-0.15, -0.1) is 10.2 Å². The van der Waals surface area contributed by atoms with Gasteiger partial charge in [-0.25, -0.2) is 4.98 Å². The molecule has 1 aliphatic carbocycles. The second-order valence-electron chi connectivity index (χ2n) is 8.99. The van der Waals surface area contributed by atoms with Gasteiger partial charge in [-0.3, -0.25) is 0 Å². The van der Waals surface area contributed by atoms with Crippen LogP contribution >= 0.6 is 0 Å². The van der Waals surface area contributed by atoms with Crippen molar-refractivity contribution in [3.63, 3.8) is 0 Å². The summed E-state index contributed by atoms with van der Waals surface area (Å²) in [6, 6.07) is 6.90. The number of ether oxygens (including phenoxy) is 2. The molecule has 3 heterocycles. The van der Waals surface area contributed by atoms with E-state index in [4.69, 9.17) is 14.5 Å². The molecule has 5 rings (SSSR count). The predicted octanol–water partition coefficient (Wildman–Crippen LogP) is 3.24. The minimum absolute atomic E-state index is 0.212. The molecule has 0 unspecified atom stereocenters. The van der Waals surface area contributed by atoms with E-state index in [2.05, 4.69) is 45.2 Å². The molecule has 2 saturated heterocycles. The summed E-state index contributed by atoms with van der Waals surface area (Å²) in [6.45, 7) is 5.51. The predicted molar refractivity (Wildman–Crippen MR) is 116 cm³/mol. The molecule has 1 saturated carbocycles. The third-order valence-corrected chi connectivity index (χ3v) is 6.81. The van der Waals surface area contributed by atoms with Gasteiger partial charge in [0.15, 0.2) is 6.79 Å². The van der Waals surface area contributed by atoms with Crippen molar-refractivity contribution in [2.24, 2.45) is 5.92 Å². The fraction of sp³-hybridized carbons (Fsp3) is 0.609. The number of anilines is 1. The van der Waals surface area contributed by atoms with Crippen LogP contribution in [0.5, 0.6) is 5.75 Å². The van der Waals surface area contributed by atoms with Gasteiger partial charge in [-0.1, -0.05) is 6.07 Å². The average molecular weight is 410 g/mol. The van der Waals surface area contributed by atoms with Crippen molar-refractivity contribution in [2.45, 2.75) is 44.6 Å². The Kier molecular flexibility index (Phi) is 5.33. The van der Waals surface area contributed by atoms with E-state index in [9.17, 15) is 0 Å². The first kappa shape index (κ1) is 19.7. The zero-order valence-corrected chi connectivity index (χ0v) is 18.2. The standard InChI is InChI=1S/C23H31N5O2/c1-15-22(19-7-6-18(16-4-5-16)12-21(19)30-14-29-3)25-26-23(24-15)28-11-9-17-8-10-27(2)13-20(17)28/h6-7,12,16-17,20H,4-5,8-11,13-14H2,1-3H3/t17-,20-/m0/s1. The Hall–Kier alpha value is -2.25. The van der Waals surface area contributed by atoms with Crippen LogP contribution < -0.4 is 9.64 Å². The van der Waals surface area contributed by atoms with Crippen LogP contribution in [0.2, 0.25) is 0 Å². The molecule has 0 spiro atoms. The molecule has 7 nitrogen and oxygen atoms in total. The zero-order valence-electron chi connectivity index (χ0n) is 18.2. The average Bonchev–Trinajstić information content (AvgIpc) is 3.52. The summed E-state index contributed by atoms with van der Waals surface area (Å²) < 4.78 is 11.0. The normalized spacial score (nSPS) is 24.2. The number of methoxy groups -OCH3 is 1.